The van der Waals surface area contributed by atoms with Gasteiger partial charge in [-0.25, -0.2) is 9.18 Å². The quantitative estimate of drug-likeness (QED) is 0.826. The number of anilines is 2. The van der Waals surface area contributed by atoms with Crippen LogP contribution < -0.4 is 25.0 Å². The van der Waals surface area contributed by atoms with E-state index in [-0.39, 0.29) is 11.7 Å². The lowest BCUT2D eigenvalue weighted by atomic mass is 10.2. The Hall–Kier alpha value is -3.29. The van der Waals surface area contributed by atoms with E-state index in [4.69, 9.17) is 9.47 Å². The average Bonchev–Trinajstić information content (AvgIpc) is 3.04. The van der Waals surface area contributed by atoms with E-state index in [2.05, 4.69) is 10.6 Å². The number of hydrogen-bond donors (Lipinski definition) is 2. The lowest BCUT2D eigenvalue weighted by Crippen LogP contribution is -2.43. The molecule has 3 amide bonds. The molecule has 0 radical (unpaired) electrons. The Morgan fingerprint density at radius 3 is 2.57 bits per heavy atom. The summed E-state index contributed by atoms with van der Waals surface area (Å²) in [5.41, 5.74) is 1.59. The molecule has 148 valence electrons. The predicted octanol–water partition coefficient (Wildman–Crippen LogP) is 3.08. The molecule has 1 saturated heterocycles. The molecule has 7 nitrogen and oxygen atoms in total. The van der Waals surface area contributed by atoms with Gasteiger partial charge in [0.05, 0.1) is 14.2 Å². The largest absolute Gasteiger partial charge is 0.493 e. The van der Waals surface area contributed by atoms with E-state index < -0.39 is 12.1 Å². The number of amides is 3. The maximum atomic E-state index is 13.5. The predicted molar refractivity (Wildman–Crippen MR) is 104 cm³/mol. The van der Waals surface area contributed by atoms with Crippen molar-refractivity contribution in [2.24, 2.45) is 0 Å². The maximum Gasteiger partial charge on any atom is 0.319 e. The second-order valence-electron chi connectivity index (χ2n) is 6.43. The zero-order valence-corrected chi connectivity index (χ0v) is 15.9. The summed E-state index contributed by atoms with van der Waals surface area (Å²) in [5, 5.41) is 5.36. The molecule has 1 unspecified atom stereocenters. The standard InChI is InChI=1S/C20H22FN3O4/c1-12-10-14(5-6-15(12)21)24-9-8-16(19(24)25)23-20(26)22-13-4-7-17(27-2)18(11-13)28-3/h4-7,10-11,16H,8-9H2,1-3H3,(H2,22,23,26). The topological polar surface area (TPSA) is 79.9 Å². The first-order chi connectivity index (χ1) is 13.4. The molecule has 2 aromatic rings. The van der Waals surface area contributed by atoms with Gasteiger partial charge in [-0.3, -0.25) is 4.79 Å². The van der Waals surface area contributed by atoms with Crippen LogP contribution in [0, 0.1) is 12.7 Å². The van der Waals surface area contributed by atoms with Gasteiger partial charge < -0.3 is 25.0 Å². The number of methoxy groups -OCH3 is 2. The van der Waals surface area contributed by atoms with E-state index in [1.54, 1.807) is 42.2 Å². The normalized spacial score (nSPS) is 16.1. The van der Waals surface area contributed by atoms with Crippen molar-refractivity contribution in [1.29, 1.82) is 0 Å². The molecule has 0 bridgehead atoms. The van der Waals surface area contributed by atoms with Gasteiger partial charge in [-0.2, -0.15) is 0 Å². The lowest BCUT2D eigenvalue weighted by Gasteiger charge is -2.18. The molecule has 28 heavy (non-hydrogen) atoms. The lowest BCUT2D eigenvalue weighted by molar-refractivity contribution is -0.118. The minimum absolute atomic E-state index is 0.228. The van der Waals surface area contributed by atoms with E-state index in [0.29, 0.717) is 41.4 Å². The number of benzene rings is 2. The van der Waals surface area contributed by atoms with E-state index >= 15 is 0 Å². The molecule has 1 fully saturated rings. The number of nitrogens with zero attached hydrogens (tertiary/aromatic N) is 1. The van der Waals surface area contributed by atoms with Gasteiger partial charge in [0.2, 0.25) is 5.91 Å². The molecule has 2 aromatic carbocycles. The smallest absolute Gasteiger partial charge is 0.319 e. The first kappa shape index (κ1) is 19.5. The number of urea groups is 1. The van der Waals surface area contributed by atoms with Crippen molar-refractivity contribution in [2.45, 2.75) is 19.4 Å². The van der Waals surface area contributed by atoms with Crippen molar-refractivity contribution in [3.05, 3.63) is 47.8 Å². The van der Waals surface area contributed by atoms with Crippen LogP contribution in [0.5, 0.6) is 11.5 Å². The average molecular weight is 387 g/mol. The minimum Gasteiger partial charge on any atom is -0.493 e. The second-order valence-corrected chi connectivity index (χ2v) is 6.43. The van der Waals surface area contributed by atoms with Crippen LogP contribution in [0.3, 0.4) is 0 Å². The molecule has 1 atom stereocenters. The molecule has 3 rings (SSSR count). The van der Waals surface area contributed by atoms with E-state index in [9.17, 15) is 14.0 Å². The van der Waals surface area contributed by atoms with E-state index in [0.717, 1.165) is 0 Å². The summed E-state index contributed by atoms with van der Waals surface area (Å²) in [5.74, 6) is 0.479. The van der Waals surface area contributed by atoms with Gasteiger partial charge in [0, 0.05) is 24.0 Å². The van der Waals surface area contributed by atoms with Crippen LogP contribution in [0.2, 0.25) is 0 Å². The highest BCUT2D eigenvalue weighted by atomic mass is 19.1. The van der Waals surface area contributed by atoms with Crippen molar-refractivity contribution >= 4 is 23.3 Å². The molecule has 0 aliphatic carbocycles. The molecular formula is C20H22FN3O4. The highest BCUT2D eigenvalue weighted by Crippen LogP contribution is 2.30. The molecule has 2 N–H and O–H groups in total. The van der Waals surface area contributed by atoms with Crippen molar-refractivity contribution < 1.29 is 23.5 Å². The Morgan fingerprint density at radius 1 is 1.14 bits per heavy atom. The van der Waals surface area contributed by atoms with Gasteiger partial charge in [0.15, 0.2) is 11.5 Å². The third kappa shape index (κ3) is 4.00. The van der Waals surface area contributed by atoms with Crippen LogP contribution in [-0.4, -0.2) is 38.7 Å². The fourth-order valence-electron chi connectivity index (χ4n) is 3.11. The Bertz CT molecular complexity index is 903. The number of halogens is 1. The van der Waals surface area contributed by atoms with Crippen LogP contribution in [0.15, 0.2) is 36.4 Å². The third-order valence-corrected chi connectivity index (χ3v) is 4.61. The van der Waals surface area contributed by atoms with Gasteiger partial charge in [-0.05, 0) is 49.2 Å². The van der Waals surface area contributed by atoms with E-state index in [1.807, 2.05) is 0 Å². The van der Waals surface area contributed by atoms with Crippen molar-refractivity contribution in [3.8, 4) is 11.5 Å². The molecule has 0 spiro atoms. The summed E-state index contributed by atoms with van der Waals surface area (Å²) in [6, 6.07) is 8.35. The summed E-state index contributed by atoms with van der Waals surface area (Å²) in [6.45, 7) is 2.09. The Labute approximate surface area is 162 Å². The van der Waals surface area contributed by atoms with Crippen LogP contribution in [-0.2, 0) is 4.79 Å². The zero-order chi connectivity index (χ0) is 20.3. The van der Waals surface area contributed by atoms with Crippen molar-refractivity contribution in [3.63, 3.8) is 0 Å². The number of carbonyl (C=O) groups is 2. The number of aryl methyl sites for hydroxylation is 1. The Balaban J connectivity index is 1.63. The summed E-state index contributed by atoms with van der Waals surface area (Å²) < 4.78 is 23.8. The summed E-state index contributed by atoms with van der Waals surface area (Å²) in [7, 11) is 3.03. The SMILES string of the molecule is COc1ccc(NC(=O)NC2CCN(c3ccc(F)c(C)c3)C2=O)cc1OC. The van der Waals surface area contributed by atoms with Crippen molar-refractivity contribution in [1.82, 2.24) is 5.32 Å². The number of ether oxygens (including phenoxy) is 2. The van der Waals surface area contributed by atoms with Crippen LogP contribution in [0.1, 0.15) is 12.0 Å². The maximum absolute atomic E-state index is 13.5. The van der Waals surface area contributed by atoms with Gasteiger partial charge in [-0.1, -0.05) is 0 Å². The summed E-state index contributed by atoms with van der Waals surface area (Å²) in [6.07, 6.45) is 0.467. The minimum atomic E-state index is -0.648. The molecule has 8 heteroatoms. The van der Waals surface area contributed by atoms with E-state index in [1.165, 1.54) is 20.3 Å². The van der Waals surface area contributed by atoms with Gasteiger partial charge in [0.25, 0.3) is 0 Å². The fourth-order valence-corrected chi connectivity index (χ4v) is 3.11. The number of carbonyl (C=O) groups excluding carboxylic acids is 2. The van der Waals surface area contributed by atoms with Gasteiger partial charge in [-0.15, -0.1) is 0 Å². The van der Waals surface area contributed by atoms with Crippen LogP contribution in [0.25, 0.3) is 0 Å². The highest BCUT2D eigenvalue weighted by molar-refractivity contribution is 6.02. The van der Waals surface area contributed by atoms with Crippen LogP contribution in [0.4, 0.5) is 20.6 Å². The number of hydrogen-bond acceptors (Lipinski definition) is 4. The highest BCUT2D eigenvalue weighted by Gasteiger charge is 2.33. The Kier molecular flexibility index (Phi) is 5.67. The Morgan fingerprint density at radius 2 is 1.89 bits per heavy atom. The monoisotopic (exact) mass is 387 g/mol. The zero-order valence-electron chi connectivity index (χ0n) is 15.9. The number of rotatable bonds is 5. The van der Waals surface area contributed by atoms with Gasteiger partial charge in [0.1, 0.15) is 11.9 Å². The van der Waals surface area contributed by atoms with Crippen LogP contribution >= 0.6 is 0 Å². The van der Waals surface area contributed by atoms with Gasteiger partial charge >= 0.3 is 6.03 Å². The summed E-state index contributed by atoms with van der Waals surface area (Å²) in [4.78, 5) is 26.5. The molecule has 1 heterocycles. The second kappa shape index (κ2) is 8.16. The van der Waals surface area contributed by atoms with Crippen molar-refractivity contribution in [2.75, 3.05) is 31.0 Å². The fraction of sp³-hybridized carbons (Fsp3) is 0.300. The molecule has 1 aliphatic heterocycles. The first-order valence-corrected chi connectivity index (χ1v) is 8.80. The summed E-state index contributed by atoms with van der Waals surface area (Å²) >= 11 is 0. The molecule has 0 saturated carbocycles. The first-order valence-electron chi connectivity index (χ1n) is 8.80. The number of nitrogens with one attached hydrogen (secondary N) is 2. The molecule has 1 aliphatic rings. The molecule has 0 aromatic heterocycles. The third-order valence-electron chi connectivity index (χ3n) is 4.61. The molecular weight excluding hydrogens is 365 g/mol.